The highest BCUT2D eigenvalue weighted by atomic mass is 16.4. The predicted molar refractivity (Wildman–Crippen MR) is 88.9 cm³/mol. The van der Waals surface area contributed by atoms with E-state index >= 15 is 0 Å². The third-order valence-electron chi connectivity index (χ3n) is 5.56. The van der Waals surface area contributed by atoms with Crippen LogP contribution in [-0.2, 0) is 4.79 Å². The van der Waals surface area contributed by atoms with Crippen molar-refractivity contribution in [2.75, 3.05) is 39.3 Å². The van der Waals surface area contributed by atoms with Crippen LogP contribution in [0.5, 0.6) is 0 Å². The maximum absolute atomic E-state index is 12.8. The molecule has 2 N–H and O–H groups in total. The number of carboxylic acid groups (broad SMARTS) is 1. The number of aryl methyl sites for hydroxylation is 2. The molecule has 2 fully saturated rings. The van der Waals surface area contributed by atoms with Gasteiger partial charge >= 0.3 is 5.97 Å². The molecule has 0 aromatic heterocycles. The molecule has 6 nitrogen and oxygen atoms in total. The number of likely N-dealkylation sites (tertiary alicyclic amines) is 2. The van der Waals surface area contributed by atoms with Gasteiger partial charge in [-0.1, -0.05) is 6.07 Å². The third-order valence-corrected chi connectivity index (χ3v) is 5.56. The summed E-state index contributed by atoms with van der Waals surface area (Å²) in [6, 6.07) is 5.61. The Kier molecular flexibility index (Phi) is 4.36. The van der Waals surface area contributed by atoms with Crippen molar-refractivity contribution in [3.8, 4) is 0 Å². The number of fused-ring (bicyclic) bond motifs is 1. The van der Waals surface area contributed by atoms with E-state index in [1.54, 1.807) is 4.90 Å². The van der Waals surface area contributed by atoms with Crippen molar-refractivity contribution < 1.29 is 19.8 Å². The molecule has 2 atom stereocenters. The number of hydrogen-bond donors (Lipinski definition) is 2. The van der Waals surface area contributed by atoms with Crippen molar-refractivity contribution in [1.82, 2.24) is 9.80 Å². The van der Waals surface area contributed by atoms with E-state index in [9.17, 15) is 14.7 Å². The molecule has 1 unspecified atom stereocenters. The molecule has 24 heavy (non-hydrogen) atoms. The van der Waals surface area contributed by atoms with Crippen LogP contribution >= 0.6 is 0 Å². The number of β-amino-alcohol motifs (C(OH)–C–C–N with tert-alkyl or cyclic N) is 1. The fraction of sp³-hybridized carbons (Fsp3) is 0.556. The Balaban J connectivity index is 1.80. The second kappa shape index (κ2) is 6.18. The minimum atomic E-state index is -0.912. The first-order chi connectivity index (χ1) is 11.4. The third kappa shape index (κ3) is 2.70. The Morgan fingerprint density at radius 2 is 1.96 bits per heavy atom. The van der Waals surface area contributed by atoms with Gasteiger partial charge in [-0.05, 0) is 37.1 Å². The highest BCUT2D eigenvalue weighted by Crippen LogP contribution is 2.43. The van der Waals surface area contributed by atoms with Gasteiger partial charge in [0.1, 0.15) is 5.41 Å². The fourth-order valence-corrected chi connectivity index (χ4v) is 4.00. The number of rotatable bonds is 4. The first-order valence-electron chi connectivity index (χ1n) is 8.30. The lowest BCUT2D eigenvalue weighted by Gasteiger charge is -2.25. The largest absolute Gasteiger partial charge is 0.481 e. The van der Waals surface area contributed by atoms with Crippen LogP contribution < -0.4 is 0 Å². The van der Waals surface area contributed by atoms with Crippen LogP contribution in [0.25, 0.3) is 0 Å². The molecule has 0 radical (unpaired) electrons. The van der Waals surface area contributed by atoms with Crippen molar-refractivity contribution in [2.24, 2.45) is 11.3 Å². The van der Waals surface area contributed by atoms with Gasteiger partial charge < -0.3 is 15.1 Å². The number of carbonyl (C=O) groups is 2. The number of aliphatic hydroxyl groups is 1. The summed E-state index contributed by atoms with van der Waals surface area (Å²) in [7, 11) is 0. The molecule has 0 bridgehead atoms. The summed E-state index contributed by atoms with van der Waals surface area (Å²) in [5.41, 5.74) is 1.89. The van der Waals surface area contributed by atoms with E-state index in [1.807, 2.05) is 36.9 Å². The second-order valence-corrected chi connectivity index (χ2v) is 7.10. The van der Waals surface area contributed by atoms with Gasteiger partial charge in [-0.3, -0.25) is 14.5 Å². The summed E-state index contributed by atoms with van der Waals surface area (Å²) in [6.07, 6.45) is 0. The molecule has 0 spiro atoms. The van der Waals surface area contributed by atoms with E-state index in [-0.39, 0.29) is 25.0 Å². The van der Waals surface area contributed by atoms with E-state index in [0.717, 1.165) is 11.1 Å². The lowest BCUT2D eigenvalue weighted by atomic mass is 9.81. The molecule has 2 aliphatic heterocycles. The molecular formula is C18H24N2O4. The van der Waals surface area contributed by atoms with Gasteiger partial charge in [0.05, 0.1) is 6.61 Å². The van der Waals surface area contributed by atoms with E-state index in [1.165, 1.54) is 0 Å². The van der Waals surface area contributed by atoms with Gasteiger partial charge in [0.15, 0.2) is 0 Å². The molecule has 6 heteroatoms. The van der Waals surface area contributed by atoms with Gasteiger partial charge in [0.25, 0.3) is 5.91 Å². The zero-order valence-electron chi connectivity index (χ0n) is 14.2. The second-order valence-electron chi connectivity index (χ2n) is 7.10. The van der Waals surface area contributed by atoms with E-state index in [2.05, 4.69) is 0 Å². The molecule has 2 heterocycles. The Morgan fingerprint density at radius 1 is 1.21 bits per heavy atom. The highest BCUT2D eigenvalue weighted by molar-refractivity contribution is 5.95. The molecule has 0 aliphatic carbocycles. The Bertz CT molecular complexity index is 675. The van der Waals surface area contributed by atoms with Crippen molar-refractivity contribution >= 4 is 11.9 Å². The average Bonchev–Trinajstić information content (AvgIpc) is 3.04. The van der Waals surface area contributed by atoms with Crippen molar-refractivity contribution in [1.29, 1.82) is 0 Å². The molecule has 2 saturated heterocycles. The molecule has 3 rings (SSSR count). The highest BCUT2D eigenvalue weighted by Gasteiger charge is 2.58. The van der Waals surface area contributed by atoms with E-state index in [0.29, 0.717) is 31.7 Å². The standard InChI is InChI=1S/C18H24N2O4/c1-12-3-4-14(7-13(12)2)16(22)20-9-15-8-19(5-6-21)10-18(15,11-20)17(23)24/h3-4,7,15,21H,5-6,8-11H2,1-2H3,(H,23,24)/t15?,18-/m1/s1. The van der Waals surface area contributed by atoms with Crippen molar-refractivity contribution in [3.63, 3.8) is 0 Å². The number of aliphatic carboxylic acids is 1. The minimum absolute atomic E-state index is 0.0215. The Morgan fingerprint density at radius 3 is 2.54 bits per heavy atom. The number of carbonyl (C=O) groups excluding carboxylic acids is 1. The summed E-state index contributed by atoms with van der Waals surface area (Å²) < 4.78 is 0. The first kappa shape index (κ1) is 16.9. The van der Waals surface area contributed by atoms with Gasteiger partial charge in [0.2, 0.25) is 0 Å². The molecule has 130 valence electrons. The number of carboxylic acids is 1. The quantitative estimate of drug-likeness (QED) is 0.851. The van der Waals surface area contributed by atoms with Gasteiger partial charge in [-0.25, -0.2) is 0 Å². The van der Waals surface area contributed by atoms with Gasteiger partial charge in [0, 0.05) is 44.2 Å². The van der Waals surface area contributed by atoms with Crippen molar-refractivity contribution in [2.45, 2.75) is 13.8 Å². The SMILES string of the molecule is Cc1ccc(C(=O)N2CC3CN(CCO)C[C@@]3(C(=O)O)C2)cc1C. The van der Waals surface area contributed by atoms with Crippen LogP contribution in [0.4, 0.5) is 0 Å². The fourth-order valence-electron chi connectivity index (χ4n) is 4.00. The summed E-state index contributed by atoms with van der Waals surface area (Å²) in [5.74, 6) is -1.03. The number of benzene rings is 1. The molecule has 1 amide bonds. The molecule has 1 aromatic carbocycles. The number of amides is 1. The van der Waals surface area contributed by atoms with Crippen LogP contribution in [0, 0.1) is 25.2 Å². The number of nitrogens with zero attached hydrogens (tertiary/aromatic N) is 2. The van der Waals surface area contributed by atoms with Crippen LogP contribution in [0.1, 0.15) is 21.5 Å². The van der Waals surface area contributed by atoms with Crippen LogP contribution in [-0.4, -0.2) is 71.2 Å². The average molecular weight is 332 g/mol. The number of aliphatic hydroxyl groups excluding tert-OH is 1. The Hall–Kier alpha value is -1.92. The lowest BCUT2D eigenvalue weighted by molar-refractivity contribution is -0.148. The minimum Gasteiger partial charge on any atom is -0.481 e. The lowest BCUT2D eigenvalue weighted by Crippen LogP contribution is -2.42. The maximum Gasteiger partial charge on any atom is 0.313 e. The van der Waals surface area contributed by atoms with Crippen molar-refractivity contribution in [3.05, 3.63) is 34.9 Å². The normalized spacial score (nSPS) is 26.6. The molecule has 2 aliphatic rings. The van der Waals surface area contributed by atoms with Gasteiger partial charge in [-0.2, -0.15) is 0 Å². The molecule has 1 aromatic rings. The molecular weight excluding hydrogens is 308 g/mol. The zero-order valence-corrected chi connectivity index (χ0v) is 14.2. The number of hydrogen-bond acceptors (Lipinski definition) is 4. The predicted octanol–water partition coefficient (Wildman–Crippen LogP) is 0.754. The van der Waals surface area contributed by atoms with E-state index in [4.69, 9.17) is 5.11 Å². The van der Waals surface area contributed by atoms with Crippen LogP contribution in [0.15, 0.2) is 18.2 Å². The van der Waals surface area contributed by atoms with Crippen LogP contribution in [0.2, 0.25) is 0 Å². The summed E-state index contributed by atoms with van der Waals surface area (Å²) in [6.45, 7) is 6.17. The smallest absolute Gasteiger partial charge is 0.313 e. The summed E-state index contributed by atoms with van der Waals surface area (Å²) >= 11 is 0. The van der Waals surface area contributed by atoms with E-state index < -0.39 is 11.4 Å². The monoisotopic (exact) mass is 332 g/mol. The zero-order chi connectivity index (χ0) is 17.5. The summed E-state index contributed by atoms with van der Waals surface area (Å²) in [4.78, 5) is 28.4. The van der Waals surface area contributed by atoms with Crippen LogP contribution in [0.3, 0.4) is 0 Å². The summed E-state index contributed by atoms with van der Waals surface area (Å²) in [5, 5.41) is 18.9. The molecule has 0 saturated carbocycles. The Labute approximate surface area is 141 Å². The van der Waals surface area contributed by atoms with Gasteiger partial charge in [-0.15, -0.1) is 0 Å². The topological polar surface area (TPSA) is 81.1 Å². The maximum atomic E-state index is 12.8. The first-order valence-corrected chi connectivity index (χ1v) is 8.30.